The number of carbonyl (C=O) groups is 2. The first-order valence-corrected chi connectivity index (χ1v) is 10.3. The maximum Gasteiger partial charge on any atom is 0.256 e. The van der Waals surface area contributed by atoms with E-state index in [1.807, 2.05) is 29.6 Å². The average molecular weight is 404 g/mol. The summed E-state index contributed by atoms with van der Waals surface area (Å²) in [7, 11) is 0. The van der Waals surface area contributed by atoms with E-state index in [1.165, 1.54) is 11.3 Å². The number of rotatable bonds is 7. The van der Waals surface area contributed by atoms with Crippen LogP contribution in [-0.4, -0.2) is 28.3 Å². The summed E-state index contributed by atoms with van der Waals surface area (Å²) in [6.45, 7) is 0.517. The summed E-state index contributed by atoms with van der Waals surface area (Å²) in [5.41, 5.74) is 3.48. The summed E-state index contributed by atoms with van der Waals surface area (Å²) in [4.78, 5) is 32.7. The second-order valence-electron chi connectivity index (χ2n) is 6.57. The smallest absolute Gasteiger partial charge is 0.256 e. The Balaban J connectivity index is 1.33. The molecular formula is C22H20N4O2S. The third kappa shape index (κ3) is 4.52. The van der Waals surface area contributed by atoms with Gasteiger partial charge in [0.2, 0.25) is 0 Å². The Morgan fingerprint density at radius 1 is 1.00 bits per heavy atom. The first kappa shape index (κ1) is 18.9. The van der Waals surface area contributed by atoms with Gasteiger partial charge in [0.1, 0.15) is 5.82 Å². The number of H-pyrrole nitrogens is 1. The number of thiophene rings is 1. The summed E-state index contributed by atoms with van der Waals surface area (Å²) in [5, 5.41) is 9.36. The number of nitrogens with one attached hydrogen (secondary N) is 3. The Morgan fingerprint density at radius 2 is 1.83 bits per heavy atom. The normalized spacial score (nSPS) is 10.8. The van der Waals surface area contributed by atoms with Crippen molar-refractivity contribution in [3.05, 3.63) is 82.3 Å². The Bertz CT molecular complexity index is 1100. The molecule has 146 valence electrons. The standard InChI is InChI=1S/C22H20N4O2S/c27-21(15-11-13-29-14-15)26-17-7-2-1-6-16(17)22(28)23-12-5-10-20-24-18-8-3-4-9-19(18)25-20/h1-4,6-9,11,13-14H,5,10,12H2,(H,23,28)(H,24,25)(H,26,27). The number of aromatic amines is 1. The van der Waals surface area contributed by atoms with E-state index in [9.17, 15) is 9.59 Å². The quantitative estimate of drug-likeness (QED) is 0.403. The SMILES string of the molecule is O=C(Nc1ccccc1C(=O)NCCCc1nc2ccccc2[nH]1)c1ccsc1. The maximum atomic E-state index is 12.6. The minimum absolute atomic E-state index is 0.212. The van der Waals surface area contributed by atoms with Crippen LogP contribution in [-0.2, 0) is 6.42 Å². The number of hydrogen-bond acceptors (Lipinski definition) is 4. The lowest BCUT2D eigenvalue weighted by Crippen LogP contribution is -2.26. The zero-order valence-electron chi connectivity index (χ0n) is 15.6. The minimum atomic E-state index is -0.226. The number of fused-ring (bicyclic) bond motifs is 1. The van der Waals surface area contributed by atoms with Crippen LogP contribution in [0.5, 0.6) is 0 Å². The molecule has 0 unspecified atom stereocenters. The fraction of sp³-hybridized carbons (Fsp3) is 0.136. The van der Waals surface area contributed by atoms with Crippen molar-refractivity contribution in [3.8, 4) is 0 Å². The highest BCUT2D eigenvalue weighted by Crippen LogP contribution is 2.17. The number of para-hydroxylation sites is 3. The van der Waals surface area contributed by atoms with E-state index in [0.29, 0.717) is 23.4 Å². The van der Waals surface area contributed by atoms with Gasteiger partial charge in [-0.05, 0) is 42.1 Å². The minimum Gasteiger partial charge on any atom is -0.352 e. The molecular weight excluding hydrogens is 384 g/mol. The van der Waals surface area contributed by atoms with Gasteiger partial charge in [-0.25, -0.2) is 4.98 Å². The highest BCUT2D eigenvalue weighted by atomic mass is 32.1. The van der Waals surface area contributed by atoms with Gasteiger partial charge in [0.15, 0.2) is 0 Å². The van der Waals surface area contributed by atoms with Crippen molar-refractivity contribution in [2.45, 2.75) is 12.8 Å². The summed E-state index contributed by atoms with van der Waals surface area (Å²) in [6.07, 6.45) is 1.50. The van der Waals surface area contributed by atoms with Gasteiger partial charge in [0.25, 0.3) is 11.8 Å². The molecule has 2 aromatic heterocycles. The molecule has 0 atom stereocenters. The lowest BCUT2D eigenvalue weighted by molar-refractivity contribution is 0.0954. The average Bonchev–Trinajstić information content (AvgIpc) is 3.41. The molecule has 0 aliphatic carbocycles. The number of anilines is 1. The van der Waals surface area contributed by atoms with E-state index in [4.69, 9.17) is 0 Å². The third-order valence-corrected chi connectivity index (χ3v) is 5.20. The molecule has 0 saturated carbocycles. The molecule has 29 heavy (non-hydrogen) atoms. The lowest BCUT2D eigenvalue weighted by atomic mass is 10.1. The zero-order chi connectivity index (χ0) is 20.1. The van der Waals surface area contributed by atoms with E-state index in [-0.39, 0.29) is 11.8 Å². The van der Waals surface area contributed by atoms with Crippen LogP contribution in [0.3, 0.4) is 0 Å². The molecule has 0 spiro atoms. The highest BCUT2D eigenvalue weighted by molar-refractivity contribution is 7.08. The van der Waals surface area contributed by atoms with Crippen molar-refractivity contribution >= 4 is 39.9 Å². The monoisotopic (exact) mass is 404 g/mol. The first-order valence-electron chi connectivity index (χ1n) is 9.35. The molecule has 4 rings (SSSR count). The molecule has 2 heterocycles. The van der Waals surface area contributed by atoms with Gasteiger partial charge in [-0.15, -0.1) is 0 Å². The Labute approximate surface area is 172 Å². The predicted octanol–water partition coefficient (Wildman–Crippen LogP) is 4.24. The Hall–Kier alpha value is -3.45. The summed E-state index contributed by atoms with van der Waals surface area (Å²) >= 11 is 1.45. The van der Waals surface area contributed by atoms with E-state index >= 15 is 0 Å². The fourth-order valence-corrected chi connectivity index (χ4v) is 3.69. The molecule has 0 fully saturated rings. The molecule has 0 aliphatic heterocycles. The number of nitrogens with zero attached hydrogens (tertiary/aromatic N) is 1. The van der Waals surface area contributed by atoms with Crippen molar-refractivity contribution in [2.75, 3.05) is 11.9 Å². The molecule has 0 bridgehead atoms. The lowest BCUT2D eigenvalue weighted by Gasteiger charge is -2.11. The van der Waals surface area contributed by atoms with E-state index < -0.39 is 0 Å². The molecule has 6 nitrogen and oxygen atoms in total. The zero-order valence-corrected chi connectivity index (χ0v) is 16.5. The van der Waals surface area contributed by atoms with Crippen LogP contribution in [0.2, 0.25) is 0 Å². The van der Waals surface area contributed by atoms with Crippen molar-refractivity contribution in [2.24, 2.45) is 0 Å². The van der Waals surface area contributed by atoms with Crippen LogP contribution in [0.25, 0.3) is 11.0 Å². The molecule has 0 aliphatic rings. The van der Waals surface area contributed by atoms with Crippen LogP contribution in [0, 0.1) is 0 Å². The van der Waals surface area contributed by atoms with Gasteiger partial charge in [-0.3, -0.25) is 9.59 Å². The fourth-order valence-electron chi connectivity index (χ4n) is 3.06. The molecule has 0 radical (unpaired) electrons. The van der Waals surface area contributed by atoms with Gasteiger partial charge in [-0.2, -0.15) is 11.3 Å². The summed E-state index contributed by atoms with van der Waals surface area (Å²) in [5.74, 6) is 0.469. The number of imidazole rings is 1. The second kappa shape index (κ2) is 8.70. The van der Waals surface area contributed by atoms with Crippen LogP contribution >= 0.6 is 11.3 Å². The molecule has 2 amide bonds. The van der Waals surface area contributed by atoms with Crippen molar-refractivity contribution in [1.29, 1.82) is 0 Å². The molecule has 4 aromatic rings. The Morgan fingerprint density at radius 3 is 2.66 bits per heavy atom. The van der Waals surface area contributed by atoms with Gasteiger partial charge >= 0.3 is 0 Å². The van der Waals surface area contributed by atoms with Crippen molar-refractivity contribution in [1.82, 2.24) is 15.3 Å². The number of carbonyl (C=O) groups excluding carboxylic acids is 2. The van der Waals surface area contributed by atoms with Gasteiger partial charge in [-0.1, -0.05) is 24.3 Å². The summed E-state index contributed by atoms with van der Waals surface area (Å²) in [6, 6.07) is 16.7. The van der Waals surface area contributed by atoms with E-state index in [2.05, 4.69) is 20.6 Å². The van der Waals surface area contributed by atoms with Gasteiger partial charge in [0.05, 0.1) is 27.8 Å². The molecule has 7 heteroatoms. The topological polar surface area (TPSA) is 86.9 Å². The predicted molar refractivity (Wildman–Crippen MR) is 115 cm³/mol. The largest absolute Gasteiger partial charge is 0.352 e. The number of aromatic nitrogens is 2. The number of benzene rings is 2. The van der Waals surface area contributed by atoms with Crippen LogP contribution in [0.15, 0.2) is 65.4 Å². The van der Waals surface area contributed by atoms with Crippen molar-refractivity contribution in [3.63, 3.8) is 0 Å². The number of amides is 2. The third-order valence-electron chi connectivity index (χ3n) is 4.52. The van der Waals surface area contributed by atoms with Crippen LogP contribution in [0.1, 0.15) is 33.0 Å². The Kier molecular flexibility index (Phi) is 5.67. The number of aryl methyl sites for hydroxylation is 1. The number of hydrogen-bond donors (Lipinski definition) is 3. The van der Waals surface area contributed by atoms with Gasteiger partial charge in [0, 0.05) is 18.3 Å². The van der Waals surface area contributed by atoms with Crippen molar-refractivity contribution < 1.29 is 9.59 Å². The highest BCUT2D eigenvalue weighted by Gasteiger charge is 2.14. The van der Waals surface area contributed by atoms with E-state index in [1.54, 1.807) is 35.7 Å². The molecule has 2 aromatic carbocycles. The van der Waals surface area contributed by atoms with E-state index in [0.717, 1.165) is 29.7 Å². The van der Waals surface area contributed by atoms with Gasteiger partial charge < -0.3 is 15.6 Å². The summed E-state index contributed by atoms with van der Waals surface area (Å²) < 4.78 is 0. The first-order chi connectivity index (χ1) is 14.2. The molecule has 3 N–H and O–H groups in total. The second-order valence-corrected chi connectivity index (χ2v) is 7.35. The van der Waals surface area contributed by atoms with Crippen LogP contribution in [0.4, 0.5) is 5.69 Å². The molecule has 0 saturated heterocycles. The van der Waals surface area contributed by atoms with Crippen LogP contribution < -0.4 is 10.6 Å². The maximum absolute atomic E-state index is 12.6.